The molecular weight excluding hydrogens is 570 g/mol. The van der Waals surface area contributed by atoms with Gasteiger partial charge in [-0.3, -0.25) is 9.11 Å². The van der Waals surface area contributed by atoms with E-state index in [0.717, 1.165) is 24.0 Å². The molecule has 1 aromatic carbocycles. The van der Waals surface area contributed by atoms with E-state index in [0.29, 0.717) is 23.0 Å². The lowest BCUT2D eigenvalue weighted by molar-refractivity contribution is 0.0506. The molecule has 1 aliphatic rings. The molecule has 230 valence electrons. The first-order valence-corrected chi connectivity index (χ1v) is 15.8. The molecule has 0 radical (unpaired) electrons. The summed E-state index contributed by atoms with van der Waals surface area (Å²) < 4.78 is 24.9. The molecule has 0 aliphatic heterocycles. The normalized spacial score (nSPS) is 14.9. The molecule has 2 aromatic heterocycles. The van der Waals surface area contributed by atoms with Crippen LogP contribution in [0.1, 0.15) is 84.0 Å². The maximum atomic E-state index is 13.3. The summed E-state index contributed by atoms with van der Waals surface area (Å²) in [6.07, 6.45) is 3.60. The number of amides is 2. The fourth-order valence-electron chi connectivity index (χ4n) is 4.49. The molecule has 0 spiro atoms. The van der Waals surface area contributed by atoms with Crippen LogP contribution in [0.4, 0.5) is 26.9 Å². The van der Waals surface area contributed by atoms with Crippen molar-refractivity contribution in [2.75, 3.05) is 16.5 Å². The Hall–Kier alpha value is -4.18. The Morgan fingerprint density at radius 2 is 1.84 bits per heavy atom. The van der Waals surface area contributed by atoms with Crippen LogP contribution in [0.15, 0.2) is 30.5 Å². The first-order chi connectivity index (χ1) is 20.0. The highest BCUT2D eigenvalue weighted by Crippen LogP contribution is 2.35. The zero-order valence-electron chi connectivity index (χ0n) is 25.8. The third kappa shape index (κ3) is 8.22. The third-order valence-corrected chi connectivity index (χ3v) is 7.01. The van der Waals surface area contributed by atoms with Crippen molar-refractivity contribution in [3.05, 3.63) is 47.2 Å². The van der Waals surface area contributed by atoms with Gasteiger partial charge in [0.1, 0.15) is 34.5 Å². The Bertz CT molecular complexity index is 1600. The summed E-state index contributed by atoms with van der Waals surface area (Å²) in [7, 11) is -1.16. The van der Waals surface area contributed by atoms with E-state index in [1.165, 1.54) is 10.7 Å². The van der Waals surface area contributed by atoms with Gasteiger partial charge in [0.2, 0.25) is 0 Å². The van der Waals surface area contributed by atoms with Crippen molar-refractivity contribution < 1.29 is 23.3 Å². The molecule has 1 saturated carbocycles. The molecule has 0 bridgehead atoms. The van der Waals surface area contributed by atoms with Crippen LogP contribution < -0.4 is 15.5 Å². The Balaban J connectivity index is 1.71. The SMILES string of the molecule is CC(NC(=O)OC(C)(C)C)c1ccc(Nc2cc(N(C(=O)OC(C)(C)C)C3CC3)n3ncc(C#N)c3n2)cc1CS(C)=O. The van der Waals surface area contributed by atoms with E-state index in [1.807, 2.05) is 25.1 Å². The van der Waals surface area contributed by atoms with E-state index in [2.05, 4.69) is 26.8 Å². The third-order valence-electron chi connectivity index (χ3n) is 6.30. The highest BCUT2D eigenvalue weighted by Gasteiger charge is 2.38. The molecule has 2 amide bonds. The summed E-state index contributed by atoms with van der Waals surface area (Å²) in [6, 6.07) is 8.86. The van der Waals surface area contributed by atoms with Crippen LogP contribution in [-0.4, -0.2) is 54.5 Å². The van der Waals surface area contributed by atoms with Gasteiger partial charge in [-0.25, -0.2) is 14.6 Å². The number of anilines is 3. The van der Waals surface area contributed by atoms with Crippen molar-refractivity contribution in [1.29, 1.82) is 5.26 Å². The van der Waals surface area contributed by atoms with Gasteiger partial charge in [-0.05, 0) is 84.6 Å². The number of aromatic nitrogens is 3. The van der Waals surface area contributed by atoms with Gasteiger partial charge in [0.15, 0.2) is 5.65 Å². The molecule has 13 heteroatoms. The Labute approximate surface area is 254 Å². The van der Waals surface area contributed by atoms with E-state index in [1.54, 1.807) is 58.8 Å². The van der Waals surface area contributed by atoms with Gasteiger partial charge in [0.25, 0.3) is 0 Å². The minimum atomic E-state index is -1.16. The fourth-order valence-corrected chi connectivity index (χ4v) is 5.18. The van der Waals surface area contributed by atoms with Crippen molar-refractivity contribution in [2.24, 2.45) is 0 Å². The van der Waals surface area contributed by atoms with Crippen LogP contribution in [0.2, 0.25) is 0 Å². The number of rotatable bonds is 8. The van der Waals surface area contributed by atoms with E-state index in [9.17, 15) is 19.1 Å². The van der Waals surface area contributed by atoms with Gasteiger partial charge < -0.3 is 20.1 Å². The monoisotopic (exact) mass is 609 g/mol. The number of nitrogens with zero attached hydrogens (tertiary/aromatic N) is 5. The molecule has 3 aromatic rings. The topological polar surface area (TPSA) is 151 Å². The molecule has 2 N–H and O–H groups in total. The number of nitriles is 1. The van der Waals surface area contributed by atoms with Crippen LogP contribution in [0.5, 0.6) is 0 Å². The molecule has 2 atom stereocenters. The molecule has 1 fully saturated rings. The van der Waals surface area contributed by atoms with Gasteiger partial charge in [-0.2, -0.15) is 14.9 Å². The van der Waals surface area contributed by atoms with Crippen molar-refractivity contribution >= 4 is 46.0 Å². The van der Waals surface area contributed by atoms with E-state index in [-0.39, 0.29) is 17.4 Å². The van der Waals surface area contributed by atoms with E-state index in [4.69, 9.17) is 9.47 Å². The van der Waals surface area contributed by atoms with Gasteiger partial charge in [-0.1, -0.05) is 6.07 Å². The highest BCUT2D eigenvalue weighted by atomic mass is 32.2. The molecule has 1 aliphatic carbocycles. The Kier molecular flexibility index (Phi) is 9.01. The zero-order chi connectivity index (χ0) is 31.7. The predicted molar refractivity (Wildman–Crippen MR) is 165 cm³/mol. The summed E-state index contributed by atoms with van der Waals surface area (Å²) >= 11 is 0. The first-order valence-electron chi connectivity index (χ1n) is 14.0. The molecule has 0 saturated heterocycles. The number of hydrogen-bond acceptors (Lipinski definition) is 9. The second-order valence-corrected chi connectivity index (χ2v) is 14.0. The van der Waals surface area contributed by atoms with Crippen LogP contribution in [-0.2, 0) is 26.0 Å². The lowest BCUT2D eigenvalue weighted by Gasteiger charge is -2.27. The molecule has 43 heavy (non-hydrogen) atoms. The number of fused-ring (bicyclic) bond motifs is 1. The Morgan fingerprint density at radius 1 is 1.16 bits per heavy atom. The first kappa shape index (κ1) is 31.7. The second-order valence-electron chi connectivity index (χ2n) is 12.6. The standard InChI is InChI=1S/C30H39N7O5S/c1-18(33-27(38)41-29(2,3)4)23-12-9-21(13-19(23)17-43(8)40)34-24-14-25(37-26(35-24)20(15-31)16-32-37)36(22-10-11-22)28(39)42-30(5,6)7/h9,12-14,16,18,22H,10-11,17H2,1-8H3,(H,33,38)(H,34,35). The summed E-state index contributed by atoms with van der Waals surface area (Å²) in [5, 5.41) is 20.2. The molecule has 12 nitrogen and oxygen atoms in total. The number of carbonyl (C=O) groups excluding carboxylic acids is 2. The summed E-state index contributed by atoms with van der Waals surface area (Å²) in [4.78, 5) is 31.9. The number of alkyl carbamates (subject to hydrolysis) is 1. The van der Waals surface area contributed by atoms with Crippen molar-refractivity contribution in [1.82, 2.24) is 19.9 Å². The van der Waals surface area contributed by atoms with Gasteiger partial charge in [0, 0.05) is 40.6 Å². The minimum Gasteiger partial charge on any atom is -0.444 e. The predicted octanol–water partition coefficient (Wildman–Crippen LogP) is 5.71. The van der Waals surface area contributed by atoms with Crippen LogP contribution in [0.3, 0.4) is 0 Å². The number of benzene rings is 1. The number of hydrogen-bond donors (Lipinski definition) is 2. The smallest absolute Gasteiger partial charge is 0.416 e. The quantitative estimate of drug-likeness (QED) is 0.327. The number of nitrogens with one attached hydrogen (secondary N) is 2. The van der Waals surface area contributed by atoms with Crippen molar-refractivity contribution in [2.45, 2.75) is 90.3 Å². The molecule has 2 unspecified atom stereocenters. The average Bonchev–Trinajstić information content (AvgIpc) is 3.59. The van der Waals surface area contributed by atoms with Crippen LogP contribution in [0, 0.1) is 11.3 Å². The average molecular weight is 610 g/mol. The van der Waals surface area contributed by atoms with E-state index >= 15 is 0 Å². The maximum Gasteiger partial charge on any atom is 0.416 e. The van der Waals surface area contributed by atoms with Crippen LogP contribution >= 0.6 is 0 Å². The zero-order valence-corrected chi connectivity index (χ0v) is 26.7. The highest BCUT2D eigenvalue weighted by molar-refractivity contribution is 7.83. The fraction of sp³-hybridized carbons (Fsp3) is 0.500. The largest absolute Gasteiger partial charge is 0.444 e. The number of carbonyl (C=O) groups is 2. The second kappa shape index (κ2) is 12.2. The summed E-state index contributed by atoms with van der Waals surface area (Å²) in [5.41, 5.74) is 1.41. The molecular formula is C30H39N7O5S. The van der Waals surface area contributed by atoms with Gasteiger partial charge in [0.05, 0.1) is 12.2 Å². The molecule has 2 heterocycles. The van der Waals surface area contributed by atoms with Crippen LogP contribution in [0.25, 0.3) is 5.65 Å². The van der Waals surface area contributed by atoms with Crippen molar-refractivity contribution in [3.8, 4) is 6.07 Å². The summed E-state index contributed by atoms with van der Waals surface area (Å²) in [5.74, 6) is 1.07. The van der Waals surface area contributed by atoms with Gasteiger partial charge in [-0.15, -0.1) is 0 Å². The lowest BCUT2D eigenvalue weighted by atomic mass is 10.0. The minimum absolute atomic E-state index is 0.0626. The van der Waals surface area contributed by atoms with Gasteiger partial charge >= 0.3 is 12.2 Å². The maximum absolute atomic E-state index is 13.3. The van der Waals surface area contributed by atoms with E-state index < -0.39 is 40.2 Å². The summed E-state index contributed by atoms with van der Waals surface area (Å²) in [6.45, 7) is 12.6. The lowest BCUT2D eigenvalue weighted by Crippen LogP contribution is -2.39. The molecule has 4 rings (SSSR count). The Morgan fingerprint density at radius 3 is 2.42 bits per heavy atom. The van der Waals surface area contributed by atoms with Crippen molar-refractivity contribution in [3.63, 3.8) is 0 Å². The number of ether oxygens (including phenoxy) is 2.